The first-order valence-corrected chi connectivity index (χ1v) is 46.1. The third-order valence-electron chi connectivity index (χ3n) is 23.2. The number of benzene rings is 5. The van der Waals surface area contributed by atoms with Crippen LogP contribution < -0.4 is 80.6 Å². The molecular formula is C95H126N18O21S. The average molecular weight is 1890 g/mol. The number of carbonyl (C=O) groups is 18. The van der Waals surface area contributed by atoms with E-state index in [1.165, 1.54) is 63.9 Å². The van der Waals surface area contributed by atoms with Crippen molar-refractivity contribution in [1.29, 1.82) is 0 Å². The SMILES string of the molecule is CC(C)C[C@@H]1NC(=O)[C@H](Cc2c[nH]c3ccccc23)NC(=O)[C@H](CC(=O)O)NC(=O)[C@H](Cc2ccc(O)cc2)NC(=O)[C@H](Cc2ccccc2)NC(=O)CSC[C@@H](C(=O)N[C@@H](C)C(N)=O)NC(=O)[C@H](CO)NC(=O)[C@H](C(C)C)NC(=O)[C@H](CC(C)C)NC(=O)[C@H](CCC(N)=O)NC(=O)[C@H]2CCCN2C(=O)[C@H](C)N(C)C(=O)[C@H](C(C)C)NC(=O)[C@H](Cc2ccc(-c3ccccc3)cc2)NC1=O. The van der Waals surface area contributed by atoms with Crippen molar-refractivity contribution in [2.24, 2.45) is 35.1 Å². The van der Waals surface area contributed by atoms with Gasteiger partial charge in [-0.2, -0.15) is 0 Å². The number of nitrogens with zero attached hydrogens (tertiary/aromatic N) is 2. The summed E-state index contributed by atoms with van der Waals surface area (Å²) in [5.41, 5.74) is 15.1. The van der Waals surface area contributed by atoms with Gasteiger partial charge in [0.05, 0.1) is 18.8 Å². The molecule has 5 aromatic carbocycles. The Bertz CT molecular complexity index is 5200. The van der Waals surface area contributed by atoms with Crippen molar-refractivity contribution in [2.45, 2.75) is 230 Å². The molecule has 6 aromatic rings. The van der Waals surface area contributed by atoms with Gasteiger partial charge in [0.2, 0.25) is 100 Å². The average Bonchev–Trinajstić information content (AvgIpc) is 1.75. The largest absolute Gasteiger partial charge is 0.508 e. The fourth-order valence-electron chi connectivity index (χ4n) is 15.5. The Labute approximate surface area is 786 Å². The first kappa shape index (κ1) is 107. The molecule has 135 heavy (non-hydrogen) atoms. The normalized spacial score (nSPS) is 23.9. The Morgan fingerprint density at radius 2 is 0.926 bits per heavy atom. The number of thioether (sulfide) groups is 1. The van der Waals surface area contributed by atoms with Crippen LogP contribution in [-0.2, 0) is 112 Å². The summed E-state index contributed by atoms with van der Waals surface area (Å²) in [5, 5.41) is 66.0. The number of likely N-dealkylation sites (N-methyl/N-ethyl adjacent to an activating group) is 1. The summed E-state index contributed by atoms with van der Waals surface area (Å²) in [5.74, 6) is -21.9. The van der Waals surface area contributed by atoms with Crippen molar-refractivity contribution in [3.05, 3.63) is 162 Å². The molecule has 0 aliphatic carbocycles. The number of nitrogens with one attached hydrogen (secondary N) is 14. The Morgan fingerprint density at radius 3 is 1.47 bits per heavy atom. The van der Waals surface area contributed by atoms with Gasteiger partial charge in [0.25, 0.3) is 0 Å². The number of carboxylic acids is 1. The molecule has 17 amide bonds. The fraction of sp³-hybridized carbons (Fsp3) is 0.474. The lowest BCUT2D eigenvalue weighted by molar-refractivity contribution is -0.148. The molecule has 2 saturated heterocycles. The molecule has 2 aliphatic heterocycles. The minimum Gasteiger partial charge on any atom is -0.508 e. The highest BCUT2D eigenvalue weighted by molar-refractivity contribution is 8.00. The van der Waals surface area contributed by atoms with Gasteiger partial charge >= 0.3 is 5.97 Å². The summed E-state index contributed by atoms with van der Waals surface area (Å²) >= 11 is 0.709. The summed E-state index contributed by atoms with van der Waals surface area (Å²) in [7, 11) is 1.32. The number of nitrogens with two attached hydrogens (primary N) is 2. The molecule has 0 radical (unpaired) electrons. The highest BCUT2D eigenvalue weighted by Gasteiger charge is 2.44. The number of aromatic nitrogens is 1. The van der Waals surface area contributed by atoms with Gasteiger partial charge in [-0.1, -0.05) is 171 Å². The summed E-state index contributed by atoms with van der Waals surface area (Å²) in [6.45, 7) is 14.7. The fourth-order valence-corrected chi connectivity index (χ4v) is 16.4. The first-order chi connectivity index (χ1) is 64.0. The highest BCUT2D eigenvalue weighted by Crippen LogP contribution is 2.26. The van der Waals surface area contributed by atoms with Crippen LogP contribution in [0.25, 0.3) is 22.0 Å². The number of carbonyl (C=O) groups excluding carboxylic acids is 17. The number of rotatable bonds is 24. The number of amides is 17. The van der Waals surface area contributed by atoms with E-state index in [2.05, 4.69) is 74.1 Å². The number of hydrogen-bond donors (Lipinski definition) is 19. The van der Waals surface area contributed by atoms with Crippen molar-refractivity contribution in [1.82, 2.24) is 83.9 Å². The van der Waals surface area contributed by atoms with E-state index in [0.29, 0.717) is 44.9 Å². The van der Waals surface area contributed by atoms with Gasteiger partial charge in [-0.05, 0) is 121 Å². The lowest BCUT2D eigenvalue weighted by Crippen LogP contribution is -2.62. The Morgan fingerprint density at radius 1 is 0.481 bits per heavy atom. The number of carboxylic acid groups (broad SMARTS) is 1. The Hall–Kier alpha value is -13.8. The third-order valence-corrected chi connectivity index (χ3v) is 24.2. The number of primary amides is 2. The second-order valence-electron chi connectivity index (χ2n) is 35.5. The molecule has 0 spiro atoms. The topological polar surface area (TPSA) is 599 Å². The number of para-hydroxylation sites is 1. The zero-order chi connectivity index (χ0) is 99.2. The zero-order valence-corrected chi connectivity index (χ0v) is 78.3. The Kier molecular flexibility index (Phi) is 40.2. The van der Waals surface area contributed by atoms with E-state index in [0.717, 1.165) is 16.0 Å². The number of aromatic amines is 1. The monoisotopic (exact) mass is 1890 g/mol. The molecule has 0 unspecified atom stereocenters. The molecule has 40 heteroatoms. The lowest BCUT2D eigenvalue weighted by Gasteiger charge is -2.35. The van der Waals surface area contributed by atoms with Gasteiger partial charge in [-0.15, -0.1) is 11.8 Å². The second-order valence-corrected chi connectivity index (χ2v) is 36.6. The molecule has 728 valence electrons. The molecule has 0 saturated carbocycles. The van der Waals surface area contributed by atoms with E-state index < -0.39 is 259 Å². The van der Waals surface area contributed by atoms with E-state index in [4.69, 9.17) is 11.5 Å². The highest BCUT2D eigenvalue weighted by atomic mass is 32.2. The number of aliphatic hydroxyl groups is 1. The van der Waals surface area contributed by atoms with Crippen molar-refractivity contribution in [3.63, 3.8) is 0 Å². The van der Waals surface area contributed by atoms with Gasteiger partial charge < -0.3 is 111 Å². The van der Waals surface area contributed by atoms with Crippen LogP contribution >= 0.6 is 11.8 Å². The zero-order valence-electron chi connectivity index (χ0n) is 77.5. The molecule has 8 rings (SSSR count). The van der Waals surface area contributed by atoms with Crippen LogP contribution in [0.3, 0.4) is 0 Å². The van der Waals surface area contributed by atoms with Crippen LogP contribution in [0.15, 0.2) is 140 Å². The van der Waals surface area contributed by atoms with Crippen LogP contribution in [0.5, 0.6) is 5.75 Å². The van der Waals surface area contributed by atoms with E-state index in [1.807, 2.05) is 42.5 Å². The van der Waals surface area contributed by atoms with Gasteiger partial charge in [-0.25, -0.2) is 0 Å². The van der Waals surface area contributed by atoms with Crippen molar-refractivity contribution in [2.75, 3.05) is 31.7 Å². The maximum atomic E-state index is 15.5. The molecule has 15 atom stereocenters. The number of phenolic OH excluding ortho intramolecular Hbond substituents is 1. The standard InChI is InChI=1S/C95H126N18O21S/c1-50(2)39-66-83(122)105-70(42-57-28-32-60(33-29-57)59-23-16-13-17-24-59)89(128)111-80(53(7)8)95(134)112(11)55(10)94(133)113-38-20-27-75(113)92(131)101-65(36-37-76(96)116)82(121)102-67(40-51(3)4)88(127)110-79(52(5)6)93(132)108-73(47-114)90(129)109-74(91(130)99-54(9)81(97)120)48-135-49-77(117)100-68(41-56-21-14-12-15-22-56)84(123)104-69(43-58-30-34-62(115)35-31-58)85(124)107-72(45-78(118)119)87(126)106-71(86(125)103-66)44-61-46-98-64-26-19-18-25-63(61)64/h12-19,21-26,28-35,46,50-55,65-75,79-80,98,114-115H,20,27,36-45,47-49H2,1-11H3,(H2,96,116)(H2,97,120)(H,99,130)(H,100,117)(H,101,131)(H,102,121)(H,103,125)(H,104,123)(H,105,122)(H,106,126)(H,107,124)(H,108,132)(H,109,129)(H,110,127)(H,111,128)(H,118,119)/t54-,55-,65-,66-,67-,68-,69-,70-,71-,72-,73-,74-,75+,79-,80-/m0/s1. The van der Waals surface area contributed by atoms with E-state index in [9.17, 15) is 68.1 Å². The van der Waals surface area contributed by atoms with Crippen LogP contribution in [0.1, 0.15) is 136 Å². The van der Waals surface area contributed by atoms with Gasteiger partial charge in [-0.3, -0.25) is 86.3 Å². The summed E-state index contributed by atoms with van der Waals surface area (Å²) in [6, 6.07) is 13.2. The van der Waals surface area contributed by atoms with Crippen LogP contribution in [0.2, 0.25) is 0 Å². The maximum absolute atomic E-state index is 15.5. The lowest BCUT2D eigenvalue weighted by atomic mass is 9.97. The minimum atomic E-state index is -2.06. The predicted molar refractivity (Wildman–Crippen MR) is 500 cm³/mol. The molecule has 39 nitrogen and oxygen atoms in total. The van der Waals surface area contributed by atoms with E-state index in [-0.39, 0.29) is 63.2 Å². The Balaban J connectivity index is 1.20. The summed E-state index contributed by atoms with van der Waals surface area (Å²) in [4.78, 5) is 266. The number of H-pyrrole nitrogens is 1. The molecule has 2 aliphatic rings. The van der Waals surface area contributed by atoms with Crippen LogP contribution in [-0.4, -0.2) is 259 Å². The summed E-state index contributed by atoms with van der Waals surface area (Å²) in [6.07, 6.45) is -1.63. The molecule has 2 fully saturated rings. The third kappa shape index (κ3) is 32.0. The molecule has 0 bridgehead atoms. The summed E-state index contributed by atoms with van der Waals surface area (Å²) < 4.78 is 0. The maximum Gasteiger partial charge on any atom is 0.305 e. The predicted octanol–water partition coefficient (Wildman–Crippen LogP) is 0.340. The van der Waals surface area contributed by atoms with E-state index >= 15 is 33.6 Å². The molecule has 3 heterocycles. The number of aliphatic carboxylic acids is 1. The van der Waals surface area contributed by atoms with Crippen LogP contribution in [0.4, 0.5) is 0 Å². The van der Waals surface area contributed by atoms with Crippen molar-refractivity contribution >= 4 is 129 Å². The van der Waals surface area contributed by atoms with Crippen LogP contribution in [0, 0.1) is 23.7 Å². The quantitative estimate of drug-likeness (QED) is 0.0388. The van der Waals surface area contributed by atoms with Gasteiger partial charge in [0.15, 0.2) is 0 Å². The number of aromatic hydroxyl groups is 1. The smallest absolute Gasteiger partial charge is 0.305 e. The minimum absolute atomic E-state index is 0.0184. The van der Waals surface area contributed by atoms with Crippen molar-refractivity contribution < 1.29 is 102 Å². The molecule has 1 aromatic heterocycles. The van der Waals surface area contributed by atoms with Gasteiger partial charge in [0.1, 0.15) is 96.4 Å². The van der Waals surface area contributed by atoms with E-state index in [1.54, 1.807) is 114 Å². The molecule has 21 N–H and O–H groups in total. The number of phenols is 1. The number of hydrogen-bond acceptors (Lipinski definition) is 21. The van der Waals surface area contributed by atoms with Gasteiger partial charge in [0, 0.05) is 68.5 Å². The van der Waals surface area contributed by atoms with Crippen molar-refractivity contribution in [3.8, 4) is 16.9 Å². The number of aliphatic hydroxyl groups excluding tert-OH is 1. The first-order valence-electron chi connectivity index (χ1n) is 45.0. The molecular weight excluding hydrogens is 1760 g/mol. The number of fused-ring (bicyclic) bond motifs is 2. The second kappa shape index (κ2) is 50.9.